The fourth-order valence-corrected chi connectivity index (χ4v) is 4.91. The van der Waals surface area contributed by atoms with Gasteiger partial charge in [-0.3, -0.25) is 9.69 Å². The van der Waals surface area contributed by atoms with Crippen LogP contribution in [0.5, 0.6) is 0 Å². The second kappa shape index (κ2) is 7.42. The van der Waals surface area contributed by atoms with Crippen molar-refractivity contribution in [2.24, 2.45) is 13.0 Å². The van der Waals surface area contributed by atoms with Gasteiger partial charge >= 0.3 is 6.18 Å². The summed E-state index contributed by atoms with van der Waals surface area (Å²) in [5.41, 5.74) is 1.96. The third kappa shape index (κ3) is 3.22. The van der Waals surface area contributed by atoms with E-state index >= 15 is 0 Å². The molecule has 2 aromatic rings. The minimum Gasteiger partial charge on any atom is -0.394 e. The van der Waals surface area contributed by atoms with E-state index < -0.39 is 17.8 Å². The molecule has 5 nitrogen and oxygen atoms in total. The maximum absolute atomic E-state index is 13.8. The van der Waals surface area contributed by atoms with Crippen LogP contribution < -0.4 is 5.32 Å². The fourth-order valence-electron chi connectivity index (χ4n) is 4.91. The molecule has 0 spiro atoms. The molecule has 0 unspecified atom stereocenters. The van der Waals surface area contributed by atoms with Crippen LogP contribution in [-0.2, 0) is 24.4 Å². The van der Waals surface area contributed by atoms with E-state index in [1.54, 1.807) is 12.1 Å². The number of aliphatic hydroxyl groups is 1. The first-order valence-electron chi connectivity index (χ1n) is 10.2. The third-order valence-corrected chi connectivity index (χ3v) is 6.46. The van der Waals surface area contributed by atoms with Gasteiger partial charge in [-0.1, -0.05) is 25.1 Å². The van der Waals surface area contributed by atoms with Crippen LogP contribution in [0.2, 0.25) is 0 Å². The van der Waals surface area contributed by atoms with Gasteiger partial charge in [0.2, 0.25) is 5.91 Å². The Balaban J connectivity index is 1.83. The summed E-state index contributed by atoms with van der Waals surface area (Å²) in [4.78, 5) is 14.7. The molecule has 4 rings (SSSR count). The summed E-state index contributed by atoms with van der Waals surface area (Å²) < 4.78 is 42.8. The number of aryl methyl sites for hydroxylation is 1. The SMILES string of the molecule is CC[C@@H](CO)NC(=O)[C@@H]1C=C2c3cccc4c3c(c(C(F)(F)F)n4C)C[C@H]2N(C)C1. The predicted molar refractivity (Wildman–Crippen MR) is 109 cm³/mol. The van der Waals surface area contributed by atoms with E-state index in [2.05, 4.69) is 5.32 Å². The van der Waals surface area contributed by atoms with Gasteiger partial charge in [0, 0.05) is 30.5 Å². The molecule has 3 atom stereocenters. The molecule has 1 amide bonds. The number of likely N-dealkylation sites (N-methyl/N-ethyl adjacent to an activating group) is 1. The van der Waals surface area contributed by atoms with Crippen LogP contribution in [0.4, 0.5) is 13.2 Å². The summed E-state index contributed by atoms with van der Waals surface area (Å²) in [5.74, 6) is -0.597. The maximum Gasteiger partial charge on any atom is 0.431 e. The molecule has 0 saturated heterocycles. The molecule has 0 bridgehead atoms. The van der Waals surface area contributed by atoms with Gasteiger partial charge in [0.05, 0.1) is 18.6 Å². The average molecular weight is 421 g/mol. The highest BCUT2D eigenvalue weighted by molar-refractivity contribution is 6.00. The molecular formula is C22H26F3N3O2. The molecule has 2 aliphatic rings. The Morgan fingerprint density at radius 1 is 1.33 bits per heavy atom. The quantitative estimate of drug-likeness (QED) is 0.798. The molecule has 2 heterocycles. The number of carbonyl (C=O) groups excluding carboxylic acids is 1. The topological polar surface area (TPSA) is 57.5 Å². The van der Waals surface area contributed by atoms with Crippen molar-refractivity contribution in [3.8, 4) is 0 Å². The predicted octanol–water partition coefficient (Wildman–Crippen LogP) is 2.95. The zero-order valence-electron chi connectivity index (χ0n) is 17.3. The van der Waals surface area contributed by atoms with Crippen molar-refractivity contribution in [3.05, 3.63) is 41.1 Å². The summed E-state index contributed by atoms with van der Waals surface area (Å²) in [7, 11) is 3.31. The number of halogens is 3. The lowest BCUT2D eigenvalue weighted by Gasteiger charge is -2.40. The minimum absolute atomic E-state index is 0.128. The van der Waals surface area contributed by atoms with E-state index in [1.165, 1.54) is 11.6 Å². The van der Waals surface area contributed by atoms with Gasteiger partial charge in [-0.25, -0.2) is 0 Å². The number of nitrogens with one attached hydrogen (secondary N) is 1. The number of hydrogen-bond acceptors (Lipinski definition) is 3. The number of aromatic nitrogens is 1. The van der Waals surface area contributed by atoms with E-state index in [-0.39, 0.29) is 31.0 Å². The number of benzene rings is 1. The van der Waals surface area contributed by atoms with Gasteiger partial charge in [0.1, 0.15) is 5.69 Å². The van der Waals surface area contributed by atoms with E-state index in [4.69, 9.17) is 0 Å². The zero-order valence-corrected chi connectivity index (χ0v) is 17.3. The van der Waals surface area contributed by atoms with E-state index in [0.717, 1.165) is 11.1 Å². The molecular weight excluding hydrogens is 395 g/mol. The largest absolute Gasteiger partial charge is 0.431 e. The Hall–Kier alpha value is -2.32. The normalized spacial score (nSPS) is 22.6. The number of alkyl halides is 3. The second-order valence-electron chi connectivity index (χ2n) is 8.27. The van der Waals surface area contributed by atoms with Gasteiger partial charge in [0.15, 0.2) is 0 Å². The molecule has 8 heteroatoms. The molecule has 2 N–H and O–H groups in total. The summed E-state index contributed by atoms with van der Waals surface area (Å²) >= 11 is 0. The molecule has 30 heavy (non-hydrogen) atoms. The van der Waals surface area contributed by atoms with Crippen LogP contribution in [0.15, 0.2) is 24.3 Å². The molecule has 0 fully saturated rings. The Labute approximate surface area is 173 Å². The van der Waals surface area contributed by atoms with E-state index in [0.29, 0.717) is 29.4 Å². The molecule has 0 radical (unpaired) electrons. The van der Waals surface area contributed by atoms with Crippen molar-refractivity contribution < 1.29 is 23.1 Å². The molecule has 162 valence electrons. The Bertz CT molecular complexity index is 1020. The Morgan fingerprint density at radius 3 is 2.70 bits per heavy atom. The average Bonchev–Trinajstić information content (AvgIpc) is 2.99. The lowest BCUT2D eigenvalue weighted by atomic mass is 9.79. The minimum atomic E-state index is -4.43. The highest BCUT2D eigenvalue weighted by Crippen LogP contribution is 2.46. The zero-order chi connectivity index (χ0) is 21.8. The number of aliphatic hydroxyl groups excluding tert-OH is 1. The van der Waals surface area contributed by atoms with Crippen LogP contribution in [0.25, 0.3) is 16.5 Å². The van der Waals surface area contributed by atoms with Gasteiger partial charge in [0.25, 0.3) is 0 Å². The molecule has 0 saturated carbocycles. The van der Waals surface area contributed by atoms with Crippen LogP contribution in [-0.4, -0.2) is 52.8 Å². The first kappa shape index (κ1) is 20.9. The summed E-state index contributed by atoms with van der Waals surface area (Å²) in [6, 6.07) is 4.82. The summed E-state index contributed by atoms with van der Waals surface area (Å²) in [6.45, 7) is 2.18. The standard InChI is InChI=1S/C22H26F3N3O2/c1-4-13(11-29)26-21(30)12-8-15-14-6-5-7-17-19(14)16(9-18(15)27(2)10-12)20(28(17)3)22(23,24)25/h5-8,12-13,18,29H,4,9-11H2,1-3H3,(H,26,30)/t12-,13+,18-/m1/s1. The van der Waals surface area contributed by atoms with Gasteiger partial charge in [-0.2, -0.15) is 13.2 Å². The molecule has 1 aromatic heterocycles. The number of carbonyl (C=O) groups is 1. The van der Waals surface area contributed by atoms with Crippen molar-refractivity contribution in [2.45, 2.75) is 38.0 Å². The van der Waals surface area contributed by atoms with Crippen molar-refractivity contribution in [3.63, 3.8) is 0 Å². The second-order valence-corrected chi connectivity index (χ2v) is 8.27. The van der Waals surface area contributed by atoms with Crippen molar-refractivity contribution in [1.29, 1.82) is 0 Å². The maximum atomic E-state index is 13.8. The monoisotopic (exact) mass is 421 g/mol. The highest BCUT2D eigenvalue weighted by Gasteiger charge is 2.43. The number of hydrogen-bond donors (Lipinski definition) is 2. The summed E-state index contributed by atoms with van der Waals surface area (Å²) in [6.07, 6.45) is -1.65. The van der Waals surface area contributed by atoms with Crippen LogP contribution >= 0.6 is 0 Å². The fraction of sp³-hybridized carbons (Fsp3) is 0.500. The number of rotatable bonds is 4. The first-order chi connectivity index (χ1) is 14.2. The van der Waals surface area contributed by atoms with E-state index in [9.17, 15) is 23.1 Å². The lowest BCUT2D eigenvalue weighted by Crippen LogP contribution is -2.48. The summed E-state index contributed by atoms with van der Waals surface area (Å²) in [5, 5.41) is 12.9. The Kier molecular flexibility index (Phi) is 5.18. The number of fused-ring (bicyclic) bond motifs is 2. The smallest absolute Gasteiger partial charge is 0.394 e. The molecule has 1 aliphatic heterocycles. The Morgan fingerprint density at radius 2 is 2.07 bits per heavy atom. The van der Waals surface area contributed by atoms with Crippen molar-refractivity contribution in [2.75, 3.05) is 20.2 Å². The number of nitrogens with zero attached hydrogens (tertiary/aromatic N) is 2. The van der Waals surface area contributed by atoms with E-state index in [1.807, 2.05) is 31.0 Å². The van der Waals surface area contributed by atoms with Crippen molar-refractivity contribution >= 4 is 22.4 Å². The first-order valence-corrected chi connectivity index (χ1v) is 10.2. The highest BCUT2D eigenvalue weighted by atomic mass is 19.4. The third-order valence-electron chi connectivity index (χ3n) is 6.46. The van der Waals surface area contributed by atoms with Crippen LogP contribution in [0, 0.1) is 5.92 Å². The van der Waals surface area contributed by atoms with Gasteiger partial charge < -0.3 is 15.0 Å². The number of amides is 1. The lowest BCUT2D eigenvalue weighted by molar-refractivity contribution is -0.143. The van der Waals surface area contributed by atoms with Gasteiger partial charge in [-0.15, -0.1) is 0 Å². The van der Waals surface area contributed by atoms with Crippen LogP contribution in [0.3, 0.4) is 0 Å². The molecule has 1 aromatic carbocycles. The van der Waals surface area contributed by atoms with Crippen LogP contribution in [0.1, 0.15) is 30.2 Å². The van der Waals surface area contributed by atoms with Gasteiger partial charge in [-0.05, 0) is 42.7 Å². The molecule has 1 aliphatic carbocycles. The van der Waals surface area contributed by atoms with Crippen molar-refractivity contribution in [1.82, 2.24) is 14.8 Å².